The minimum Gasteiger partial charge on any atom is -0.322 e. The summed E-state index contributed by atoms with van der Waals surface area (Å²) >= 11 is 1.24. The second-order valence-electron chi connectivity index (χ2n) is 7.34. The Morgan fingerprint density at radius 2 is 1.78 bits per heavy atom. The lowest BCUT2D eigenvalue weighted by Gasteiger charge is -2.25. The highest BCUT2D eigenvalue weighted by Crippen LogP contribution is 2.31. The van der Waals surface area contributed by atoms with E-state index in [0.717, 1.165) is 10.6 Å². The molecule has 0 spiro atoms. The number of amides is 4. The van der Waals surface area contributed by atoms with E-state index >= 15 is 0 Å². The number of carbonyl (C=O) groups is 3. The number of hydrazine groups is 1. The first-order valence-corrected chi connectivity index (χ1v) is 11.2. The third-order valence-corrected chi connectivity index (χ3v) is 6.34. The van der Waals surface area contributed by atoms with Gasteiger partial charge in [-0.05, 0) is 17.5 Å². The van der Waals surface area contributed by atoms with Crippen LogP contribution in [0.15, 0.2) is 78.2 Å². The second-order valence-corrected chi connectivity index (χ2v) is 8.29. The molecule has 0 bridgehead atoms. The molecule has 2 heterocycles. The maximum Gasteiger partial charge on any atom is 0.344 e. The van der Waals surface area contributed by atoms with Gasteiger partial charge in [0, 0.05) is 18.9 Å². The molecule has 2 N–H and O–H groups in total. The number of hydrogen-bond donors (Lipinski definition) is 2. The van der Waals surface area contributed by atoms with Crippen molar-refractivity contribution in [2.75, 3.05) is 5.75 Å². The Morgan fingerprint density at radius 3 is 2.47 bits per heavy atom. The first-order valence-electron chi connectivity index (χ1n) is 10.2. The van der Waals surface area contributed by atoms with Crippen molar-refractivity contribution in [3.8, 4) is 0 Å². The van der Waals surface area contributed by atoms with E-state index in [1.807, 2.05) is 66.2 Å². The molecular weight excluding hydrogens is 426 g/mol. The number of carbonyl (C=O) groups excluding carboxylic acids is 3. The van der Waals surface area contributed by atoms with Crippen LogP contribution in [0.4, 0.5) is 4.79 Å². The van der Waals surface area contributed by atoms with Gasteiger partial charge in [-0.15, -0.1) is 0 Å². The summed E-state index contributed by atoms with van der Waals surface area (Å²) < 4.78 is 1.94. The number of benzene rings is 2. The van der Waals surface area contributed by atoms with Crippen molar-refractivity contribution in [1.29, 1.82) is 0 Å². The van der Waals surface area contributed by atoms with Crippen LogP contribution in [0.3, 0.4) is 0 Å². The van der Waals surface area contributed by atoms with Crippen LogP contribution in [0.5, 0.6) is 0 Å². The first-order chi connectivity index (χ1) is 15.5. The van der Waals surface area contributed by atoms with Gasteiger partial charge in [-0.2, -0.15) is 5.01 Å². The molecule has 1 aliphatic rings. The maximum atomic E-state index is 13.1. The van der Waals surface area contributed by atoms with Crippen LogP contribution >= 0.6 is 11.8 Å². The van der Waals surface area contributed by atoms with Gasteiger partial charge in [0.15, 0.2) is 5.16 Å². The molecule has 1 aliphatic heterocycles. The van der Waals surface area contributed by atoms with E-state index in [2.05, 4.69) is 15.7 Å². The van der Waals surface area contributed by atoms with Crippen molar-refractivity contribution in [3.05, 3.63) is 84.2 Å². The van der Waals surface area contributed by atoms with Gasteiger partial charge >= 0.3 is 6.03 Å². The molecule has 4 amide bonds. The summed E-state index contributed by atoms with van der Waals surface area (Å²) in [6.45, 7) is 2.45. The van der Waals surface area contributed by atoms with E-state index in [0.29, 0.717) is 23.7 Å². The predicted molar refractivity (Wildman–Crippen MR) is 120 cm³/mol. The molecule has 9 heteroatoms. The van der Waals surface area contributed by atoms with Crippen molar-refractivity contribution >= 4 is 29.6 Å². The SMILES string of the molecule is CC[C@@]1(c2ccccc2)NC(=O)N(NC(=O)CSc2nccn2Cc2ccccc2)C1=O. The number of imidazole rings is 1. The Hall–Kier alpha value is -3.59. The van der Waals surface area contributed by atoms with Crippen molar-refractivity contribution in [2.24, 2.45) is 0 Å². The molecule has 164 valence electrons. The number of nitrogens with zero attached hydrogens (tertiary/aromatic N) is 3. The van der Waals surface area contributed by atoms with Gasteiger partial charge < -0.3 is 9.88 Å². The lowest BCUT2D eigenvalue weighted by atomic mass is 9.87. The van der Waals surface area contributed by atoms with Crippen LogP contribution in [0, 0.1) is 0 Å². The summed E-state index contributed by atoms with van der Waals surface area (Å²) in [6, 6.07) is 18.3. The van der Waals surface area contributed by atoms with Crippen LogP contribution in [0.25, 0.3) is 0 Å². The fourth-order valence-electron chi connectivity index (χ4n) is 3.66. The lowest BCUT2D eigenvalue weighted by Crippen LogP contribution is -2.49. The number of thioether (sulfide) groups is 1. The average Bonchev–Trinajstić information content (AvgIpc) is 3.36. The maximum absolute atomic E-state index is 13.1. The molecule has 4 rings (SSSR count). The molecule has 1 saturated heterocycles. The summed E-state index contributed by atoms with van der Waals surface area (Å²) in [5, 5.41) is 4.19. The molecule has 0 unspecified atom stereocenters. The monoisotopic (exact) mass is 449 g/mol. The van der Waals surface area contributed by atoms with E-state index < -0.39 is 23.4 Å². The van der Waals surface area contributed by atoms with E-state index in [4.69, 9.17) is 0 Å². The summed E-state index contributed by atoms with van der Waals surface area (Å²) in [6.07, 6.45) is 3.88. The van der Waals surface area contributed by atoms with Gasteiger partial charge in [0.05, 0.1) is 5.75 Å². The molecule has 0 saturated carbocycles. The minimum absolute atomic E-state index is 0.00727. The van der Waals surface area contributed by atoms with Crippen LogP contribution in [0.1, 0.15) is 24.5 Å². The molecule has 1 fully saturated rings. The zero-order chi connectivity index (χ0) is 22.6. The zero-order valence-electron chi connectivity index (χ0n) is 17.5. The largest absolute Gasteiger partial charge is 0.344 e. The third kappa shape index (κ3) is 4.24. The second kappa shape index (κ2) is 9.27. The Balaban J connectivity index is 1.39. The van der Waals surface area contributed by atoms with Gasteiger partial charge in [-0.3, -0.25) is 15.0 Å². The van der Waals surface area contributed by atoms with Crippen molar-refractivity contribution < 1.29 is 14.4 Å². The summed E-state index contributed by atoms with van der Waals surface area (Å²) in [7, 11) is 0. The highest BCUT2D eigenvalue weighted by Gasteiger charge is 2.52. The number of imide groups is 1. The van der Waals surface area contributed by atoms with Crippen LogP contribution < -0.4 is 10.7 Å². The van der Waals surface area contributed by atoms with E-state index in [-0.39, 0.29) is 5.75 Å². The molecule has 0 aliphatic carbocycles. The fraction of sp³-hybridized carbons (Fsp3) is 0.217. The molecule has 32 heavy (non-hydrogen) atoms. The van der Waals surface area contributed by atoms with Gasteiger partial charge in [0.2, 0.25) is 5.91 Å². The summed E-state index contributed by atoms with van der Waals surface area (Å²) in [5.74, 6) is -0.958. The molecule has 0 radical (unpaired) electrons. The molecule has 8 nitrogen and oxygen atoms in total. The quantitative estimate of drug-likeness (QED) is 0.407. The highest BCUT2D eigenvalue weighted by atomic mass is 32.2. The Kier molecular flexibility index (Phi) is 6.27. The van der Waals surface area contributed by atoms with Crippen molar-refractivity contribution in [1.82, 2.24) is 25.3 Å². The fourth-order valence-corrected chi connectivity index (χ4v) is 4.41. The molecule has 2 aromatic carbocycles. The summed E-state index contributed by atoms with van der Waals surface area (Å²) in [5.41, 5.74) is 3.05. The van der Waals surface area contributed by atoms with Gasteiger partial charge in [0.1, 0.15) is 5.54 Å². The van der Waals surface area contributed by atoms with E-state index in [1.165, 1.54) is 11.8 Å². The van der Waals surface area contributed by atoms with Crippen LogP contribution in [0.2, 0.25) is 0 Å². The Bertz CT molecular complexity index is 1120. The topological polar surface area (TPSA) is 96.3 Å². The predicted octanol–water partition coefficient (Wildman–Crippen LogP) is 2.91. The minimum atomic E-state index is -1.19. The van der Waals surface area contributed by atoms with Crippen LogP contribution in [-0.4, -0.2) is 38.2 Å². The van der Waals surface area contributed by atoms with Crippen LogP contribution in [-0.2, 0) is 21.7 Å². The number of aromatic nitrogens is 2. The number of rotatable bonds is 8. The van der Waals surface area contributed by atoms with Crippen molar-refractivity contribution in [2.45, 2.75) is 30.6 Å². The Morgan fingerprint density at radius 1 is 1.09 bits per heavy atom. The third-order valence-electron chi connectivity index (χ3n) is 5.33. The normalized spacial score (nSPS) is 18.0. The van der Waals surface area contributed by atoms with E-state index in [9.17, 15) is 14.4 Å². The van der Waals surface area contributed by atoms with Gasteiger partial charge in [-0.25, -0.2) is 9.78 Å². The highest BCUT2D eigenvalue weighted by molar-refractivity contribution is 7.99. The molecule has 1 atom stereocenters. The molecule has 1 aromatic heterocycles. The van der Waals surface area contributed by atoms with Crippen molar-refractivity contribution in [3.63, 3.8) is 0 Å². The first kappa shape index (κ1) is 21.6. The Labute approximate surface area is 190 Å². The average molecular weight is 450 g/mol. The number of nitrogens with one attached hydrogen (secondary N) is 2. The van der Waals surface area contributed by atoms with E-state index in [1.54, 1.807) is 18.3 Å². The number of urea groups is 1. The number of hydrogen-bond acceptors (Lipinski definition) is 5. The van der Waals surface area contributed by atoms with Gasteiger partial charge in [0.25, 0.3) is 5.91 Å². The summed E-state index contributed by atoms with van der Waals surface area (Å²) in [4.78, 5) is 42.5. The zero-order valence-corrected chi connectivity index (χ0v) is 18.3. The molecular formula is C23H23N5O3S. The molecule has 3 aromatic rings. The lowest BCUT2D eigenvalue weighted by molar-refractivity contribution is -0.138. The smallest absolute Gasteiger partial charge is 0.322 e. The van der Waals surface area contributed by atoms with Gasteiger partial charge in [-0.1, -0.05) is 79.3 Å². The standard InChI is InChI=1S/C23H23N5O3S/c1-2-23(18-11-7-4-8-12-18)20(30)28(21(31)25-23)26-19(29)16-32-22-24-13-14-27(22)15-17-9-5-3-6-10-17/h3-14H,2,15-16H2,1H3,(H,25,31)(H,26,29)/t23-/m0/s1.